The van der Waals surface area contributed by atoms with Crippen molar-refractivity contribution in [3.63, 3.8) is 0 Å². The highest BCUT2D eigenvalue weighted by atomic mass is 79.9. The van der Waals surface area contributed by atoms with Gasteiger partial charge >= 0.3 is 0 Å². The van der Waals surface area contributed by atoms with E-state index in [9.17, 15) is 4.79 Å². The smallest absolute Gasteiger partial charge is 0.244 e. The van der Waals surface area contributed by atoms with Crippen LogP contribution in [0.5, 0.6) is 11.5 Å². The third-order valence-corrected chi connectivity index (χ3v) is 4.16. The largest absolute Gasteiger partial charge is 0.454 e. The first-order valence-electron chi connectivity index (χ1n) is 7.22. The van der Waals surface area contributed by atoms with Crippen LogP contribution >= 0.6 is 15.9 Å². The third kappa shape index (κ3) is 3.93. The molecule has 1 aliphatic rings. The minimum Gasteiger partial charge on any atom is -0.454 e. The number of benzene rings is 2. The molecule has 0 fully saturated rings. The van der Waals surface area contributed by atoms with Gasteiger partial charge in [0.05, 0.1) is 0 Å². The van der Waals surface area contributed by atoms with Crippen molar-refractivity contribution in [3.8, 4) is 11.5 Å². The molecule has 1 amide bonds. The molecule has 2 aromatic rings. The summed E-state index contributed by atoms with van der Waals surface area (Å²) in [7, 11) is 0. The molecule has 4 nitrogen and oxygen atoms in total. The molecule has 3 rings (SSSR count). The molecule has 0 aromatic heterocycles. The number of halogens is 1. The van der Waals surface area contributed by atoms with Crippen LogP contribution in [-0.2, 0) is 11.3 Å². The van der Waals surface area contributed by atoms with Crippen LogP contribution in [-0.4, -0.2) is 12.7 Å². The second kappa shape index (κ2) is 6.87. The van der Waals surface area contributed by atoms with Gasteiger partial charge in [-0.2, -0.15) is 0 Å². The number of rotatable bonds is 4. The van der Waals surface area contributed by atoms with Gasteiger partial charge in [0, 0.05) is 17.1 Å². The highest BCUT2D eigenvalue weighted by Gasteiger charge is 2.13. The van der Waals surface area contributed by atoms with Crippen LogP contribution in [0.1, 0.15) is 16.7 Å². The normalized spacial score (nSPS) is 12.6. The number of amides is 1. The van der Waals surface area contributed by atoms with Crippen LogP contribution in [0.4, 0.5) is 0 Å². The first-order chi connectivity index (χ1) is 11.1. The maximum Gasteiger partial charge on any atom is 0.244 e. The van der Waals surface area contributed by atoms with Gasteiger partial charge in [0.2, 0.25) is 12.7 Å². The molecule has 0 saturated carbocycles. The fourth-order valence-corrected chi connectivity index (χ4v) is 2.86. The molecule has 118 valence electrons. The number of carbonyl (C=O) groups is 1. The van der Waals surface area contributed by atoms with E-state index >= 15 is 0 Å². The van der Waals surface area contributed by atoms with E-state index in [1.165, 1.54) is 11.6 Å². The van der Waals surface area contributed by atoms with E-state index in [1.54, 1.807) is 6.08 Å². The Kier molecular flexibility index (Phi) is 4.67. The number of aryl methyl sites for hydroxylation is 1. The molecule has 0 aliphatic carbocycles. The lowest BCUT2D eigenvalue weighted by molar-refractivity contribution is -0.116. The van der Waals surface area contributed by atoms with Gasteiger partial charge in [0.15, 0.2) is 11.5 Å². The van der Waals surface area contributed by atoms with Crippen molar-refractivity contribution in [2.45, 2.75) is 13.5 Å². The van der Waals surface area contributed by atoms with Crippen molar-refractivity contribution in [1.82, 2.24) is 5.32 Å². The lowest BCUT2D eigenvalue weighted by atomic mass is 10.1. The Morgan fingerprint density at radius 3 is 2.87 bits per heavy atom. The molecule has 23 heavy (non-hydrogen) atoms. The number of carbonyl (C=O) groups excluding carboxylic acids is 1. The Hall–Kier alpha value is -2.27. The zero-order chi connectivity index (χ0) is 16.2. The predicted octanol–water partition coefficient (Wildman–Crippen LogP) is 3.82. The number of hydrogen-bond acceptors (Lipinski definition) is 3. The van der Waals surface area contributed by atoms with Crippen molar-refractivity contribution < 1.29 is 14.3 Å². The van der Waals surface area contributed by atoms with Crippen LogP contribution in [0.2, 0.25) is 0 Å². The number of fused-ring (bicyclic) bond motifs is 1. The first-order valence-corrected chi connectivity index (χ1v) is 8.02. The molecule has 0 bridgehead atoms. The molecular formula is C18H16BrNO3. The van der Waals surface area contributed by atoms with Crippen LogP contribution < -0.4 is 14.8 Å². The summed E-state index contributed by atoms with van der Waals surface area (Å²) < 4.78 is 11.6. The lowest BCUT2D eigenvalue weighted by Crippen LogP contribution is -2.20. The van der Waals surface area contributed by atoms with Crippen molar-refractivity contribution >= 4 is 27.9 Å². The zero-order valence-corrected chi connectivity index (χ0v) is 14.2. The molecule has 0 radical (unpaired) electrons. The van der Waals surface area contributed by atoms with Gasteiger partial charge in [-0.1, -0.05) is 34.1 Å². The SMILES string of the molecule is Cc1ccc(/C=C/C(=O)NCc2ccc3c(c2)OCO3)c(Br)c1. The maximum atomic E-state index is 11.9. The second-order valence-corrected chi connectivity index (χ2v) is 6.12. The third-order valence-electron chi connectivity index (χ3n) is 3.47. The van der Waals surface area contributed by atoms with Gasteiger partial charge in [-0.05, 0) is 47.9 Å². The zero-order valence-electron chi connectivity index (χ0n) is 12.6. The number of ether oxygens (including phenoxy) is 2. The predicted molar refractivity (Wildman–Crippen MR) is 92.3 cm³/mol. The summed E-state index contributed by atoms with van der Waals surface area (Å²) in [5, 5.41) is 2.85. The molecule has 5 heteroatoms. The number of nitrogens with one attached hydrogen (secondary N) is 1. The van der Waals surface area contributed by atoms with E-state index in [-0.39, 0.29) is 12.7 Å². The van der Waals surface area contributed by atoms with Crippen molar-refractivity contribution in [2.75, 3.05) is 6.79 Å². The highest BCUT2D eigenvalue weighted by molar-refractivity contribution is 9.10. The first kappa shape index (κ1) is 15.6. The molecule has 1 aliphatic heterocycles. The molecule has 0 saturated heterocycles. The minimum absolute atomic E-state index is 0.143. The van der Waals surface area contributed by atoms with E-state index in [0.717, 1.165) is 27.1 Å². The van der Waals surface area contributed by atoms with Crippen LogP contribution in [0.15, 0.2) is 46.9 Å². The molecule has 0 atom stereocenters. The van der Waals surface area contributed by atoms with Gasteiger partial charge in [-0.25, -0.2) is 0 Å². The molecule has 1 N–H and O–H groups in total. The quantitative estimate of drug-likeness (QED) is 0.828. The Morgan fingerprint density at radius 1 is 1.22 bits per heavy atom. The Morgan fingerprint density at radius 2 is 2.04 bits per heavy atom. The summed E-state index contributed by atoms with van der Waals surface area (Å²) in [6, 6.07) is 11.6. The summed E-state index contributed by atoms with van der Waals surface area (Å²) in [4.78, 5) is 11.9. The van der Waals surface area contributed by atoms with Crippen LogP contribution in [0, 0.1) is 6.92 Å². The number of hydrogen-bond donors (Lipinski definition) is 1. The van der Waals surface area contributed by atoms with E-state index in [2.05, 4.69) is 21.2 Å². The fraction of sp³-hybridized carbons (Fsp3) is 0.167. The summed E-state index contributed by atoms with van der Waals surface area (Å²) in [5.41, 5.74) is 3.10. The van der Waals surface area contributed by atoms with Gasteiger partial charge in [-0.3, -0.25) is 4.79 Å². The molecular weight excluding hydrogens is 358 g/mol. The van der Waals surface area contributed by atoms with E-state index in [1.807, 2.05) is 43.3 Å². The van der Waals surface area contributed by atoms with Gasteiger partial charge < -0.3 is 14.8 Å². The average Bonchev–Trinajstić information content (AvgIpc) is 2.99. The molecule has 0 spiro atoms. The van der Waals surface area contributed by atoms with Crippen LogP contribution in [0.25, 0.3) is 6.08 Å². The minimum atomic E-state index is -0.143. The molecule has 2 aromatic carbocycles. The summed E-state index contributed by atoms with van der Waals surface area (Å²) >= 11 is 3.49. The standard InChI is InChI=1S/C18H16BrNO3/c1-12-2-4-14(15(19)8-12)5-7-18(21)20-10-13-3-6-16-17(9-13)23-11-22-16/h2-9H,10-11H2,1H3,(H,20,21)/b7-5+. The van der Waals surface area contributed by atoms with Gasteiger partial charge in [0.25, 0.3) is 0 Å². The summed E-state index contributed by atoms with van der Waals surface area (Å²) in [5.74, 6) is 1.32. The van der Waals surface area contributed by atoms with Gasteiger partial charge in [0.1, 0.15) is 0 Å². The van der Waals surface area contributed by atoms with E-state index in [0.29, 0.717) is 6.54 Å². The molecule has 0 unspecified atom stereocenters. The van der Waals surface area contributed by atoms with Crippen LogP contribution in [0.3, 0.4) is 0 Å². The topological polar surface area (TPSA) is 47.6 Å². The van der Waals surface area contributed by atoms with E-state index in [4.69, 9.17) is 9.47 Å². The maximum absolute atomic E-state index is 11.9. The Balaban J connectivity index is 1.58. The van der Waals surface area contributed by atoms with E-state index < -0.39 is 0 Å². The molecule has 1 heterocycles. The van der Waals surface area contributed by atoms with Gasteiger partial charge in [-0.15, -0.1) is 0 Å². The fourth-order valence-electron chi connectivity index (χ4n) is 2.23. The van der Waals surface area contributed by atoms with Crippen molar-refractivity contribution in [2.24, 2.45) is 0 Å². The highest BCUT2D eigenvalue weighted by Crippen LogP contribution is 2.32. The Labute approximate surface area is 143 Å². The lowest BCUT2D eigenvalue weighted by Gasteiger charge is -2.04. The Bertz CT molecular complexity index is 771. The van der Waals surface area contributed by atoms with Crippen molar-refractivity contribution in [1.29, 1.82) is 0 Å². The second-order valence-electron chi connectivity index (χ2n) is 5.26. The average molecular weight is 374 g/mol. The monoisotopic (exact) mass is 373 g/mol. The van der Waals surface area contributed by atoms with Crippen molar-refractivity contribution in [3.05, 3.63) is 63.6 Å². The summed E-state index contributed by atoms with van der Waals surface area (Å²) in [6.45, 7) is 2.71. The summed E-state index contributed by atoms with van der Waals surface area (Å²) in [6.07, 6.45) is 3.32.